The van der Waals surface area contributed by atoms with Crippen LogP contribution in [0.15, 0.2) is 30.3 Å². The molecular weight excluding hydrogens is 176 g/mol. The molecule has 0 saturated carbocycles. The molecule has 1 aromatic carbocycles. The fraction of sp³-hybridized carbons (Fsp3) is 0.167. The first-order valence-corrected chi connectivity index (χ1v) is 4.52. The number of allylic oxidation sites excluding steroid dienone is 1. The Balaban J connectivity index is 2.50. The average molecular weight is 186 g/mol. The molecule has 1 unspecified atom stereocenters. The molecule has 1 aliphatic carbocycles. The molecule has 0 bridgehead atoms. The van der Waals surface area contributed by atoms with Crippen molar-refractivity contribution in [2.75, 3.05) is 0 Å². The van der Waals surface area contributed by atoms with Crippen molar-refractivity contribution in [1.82, 2.24) is 0 Å². The van der Waals surface area contributed by atoms with Gasteiger partial charge in [0.05, 0.1) is 5.92 Å². The third-order valence-electron chi connectivity index (χ3n) is 2.41. The summed E-state index contributed by atoms with van der Waals surface area (Å²) >= 11 is 0. The zero-order chi connectivity index (χ0) is 10.1. The molecular formula is C12H10O2. The first-order chi connectivity index (χ1) is 6.70. The highest BCUT2D eigenvalue weighted by atomic mass is 16.1. The molecule has 0 spiro atoms. The fourth-order valence-corrected chi connectivity index (χ4v) is 1.64. The van der Waals surface area contributed by atoms with Gasteiger partial charge < -0.3 is 0 Å². The summed E-state index contributed by atoms with van der Waals surface area (Å²) in [6.45, 7) is 1.45. The Labute approximate surface area is 82.2 Å². The molecule has 14 heavy (non-hydrogen) atoms. The fourth-order valence-electron chi connectivity index (χ4n) is 1.64. The Morgan fingerprint density at radius 2 is 2.00 bits per heavy atom. The molecule has 0 heterocycles. The van der Waals surface area contributed by atoms with Gasteiger partial charge in [-0.2, -0.15) is 0 Å². The first kappa shape index (κ1) is 8.88. The summed E-state index contributed by atoms with van der Waals surface area (Å²) < 4.78 is 0. The summed E-state index contributed by atoms with van der Waals surface area (Å²) in [7, 11) is 0. The molecule has 0 amide bonds. The highest BCUT2D eigenvalue weighted by Crippen LogP contribution is 2.22. The summed E-state index contributed by atoms with van der Waals surface area (Å²) in [6.07, 6.45) is 3.51. The largest absolute Gasteiger partial charge is 0.299 e. The van der Waals surface area contributed by atoms with E-state index in [1.807, 2.05) is 24.3 Å². The molecule has 0 aliphatic heterocycles. The van der Waals surface area contributed by atoms with E-state index in [2.05, 4.69) is 0 Å². The number of carbonyl (C=O) groups is 2. The van der Waals surface area contributed by atoms with Gasteiger partial charge >= 0.3 is 0 Å². The van der Waals surface area contributed by atoms with Crippen molar-refractivity contribution >= 4 is 17.6 Å². The summed E-state index contributed by atoms with van der Waals surface area (Å²) in [4.78, 5) is 22.9. The molecule has 0 saturated heterocycles. The van der Waals surface area contributed by atoms with Gasteiger partial charge in [0.15, 0.2) is 5.78 Å². The molecule has 0 N–H and O–H groups in total. The van der Waals surface area contributed by atoms with Crippen LogP contribution in [0.25, 0.3) is 6.08 Å². The average Bonchev–Trinajstić information content (AvgIpc) is 2.18. The highest BCUT2D eigenvalue weighted by Gasteiger charge is 2.26. The summed E-state index contributed by atoms with van der Waals surface area (Å²) in [5.74, 6) is -0.763. The molecule has 1 aromatic rings. The quantitative estimate of drug-likeness (QED) is 0.629. The second kappa shape index (κ2) is 3.22. The molecule has 2 heteroatoms. The Hall–Kier alpha value is -1.70. The van der Waals surface area contributed by atoms with Crippen LogP contribution in [-0.2, 0) is 4.79 Å². The van der Waals surface area contributed by atoms with E-state index in [1.54, 1.807) is 12.1 Å². The normalized spacial score (nSPS) is 19.2. The Morgan fingerprint density at radius 1 is 1.29 bits per heavy atom. The predicted octanol–water partition coefficient (Wildman–Crippen LogP) is 2.10. The van der Waals surface area contributed by atoms with E-state index in [0.29, 0.717) is 5.56 Å². The number of carbonyl (C=O) groups excluding carboxylic acids is 2. The monoisotopic (exact) mass is 186 g/mol. The van der Waals surface area contributed by atoms with E-state index in [-0.39, 0.29) is 11.6 Å². The minimum atomic E-state index is -0.579. The number of fused-ring (bicyclic) bond motifs is 1. The van der Waals surface area contributed by atoms with Crippen molar-refractivity contribution in [3.63, 3.8) is 0 Å². The maximum absolute atomic E-state index is 11.8. The van der Waals surface area contributed by atoms with E-state index in [4.69, 9.17) is 0 Å². The number of hydrogen-bond acceptors (Lipinski definition) is 2. The van der Waals surface area contributed by atoms with Crippen LogP contribution in [0.5, 0.6) is 0 Å². The minimum Gasteiger partial charge on any atom is -0.299 e. The molecule has 1 aliphatic rings. The second-order valence-electron chi connectivity index (χ2n) is 3.40. The van der Waals surface area contributed by atoms with E-state index in [0.717, 1.165) is 5.56 Å². The molecule has 0 fully saturated rings. The Bertz CT molecular complexity index is 430. The van der Waals surface area contributed by atoms with Crippen LogP contribution in [0, 0.1) is 5.92 Å². The summed E-state index contributed by atoms with van der Waals surface area (Å²) in [5, 5.41) is 0. The number of hydrogen-bond donors (Lipinski definition) is 0. The van der Waals surface area contributed by atoms with E-state index in [9.17, 15) is 9.59 Å². The molecule has 0 aromatic heterocycles. The zero-order valence-corrected chi connectivity index (χ0v) is 7.86. The molecule has 70 valence electrons. The number of benzene rings is 1. The third-order valence-corrected chi connectivity index (χ3v) is 2.41. The number of Topliss-reactive ketones (excluding diaryl/α,β-unsaturated/α-hetero) is 2. The second-order valence-corrected chi connectivity index (χ2v) is 3.40. The molecule has 0 radical (unpaired) electrons. The Morgan fingerprint density at radius 3 is 2.71 bits per heavy atom. The van der Waals surface area contributed by atoms with Crippen LogP contribution in [0.1, 0.15) is 22.8 Å². The van der Waals surface area contributed by atoms with Crippen molar-refractivity contribution in [2.24, 2.45) is 5.92 Å². The minimum absolute atomic E-state index is 0.0874. The maximum atomic E-state index is 11.8. The maximum Gasteiger partial charge on any atom is 0.177 e. The lowest BCUT2D eigenvalue weighted by Crippen LogP contribution is -2.23. The molecule has 2 rings (SSSR count). The van der Waals surface area contributed by atoms with Crippen LogP contribution in [-0.4, -0.2) is 11.6 Å². The van der Waals surface area contributed by atoms with Crippen LogP contribution >= 0.6 is 0 Å². The van der Waals surface area contributed by atoms with Gasteiger partial charge in [0.1, 0.15) is 5.78 Å². The van der Waals surface area contributed by atoms with E-state index < -0.39 is 5.92 Å². The van der Waals surface area contributed by atoms with Gasteiger partial charge in [0.25, 0.3) is 0 Å². The SMILES string of the molecule is CC(=O)C1C=Cc2ccccc2C1=O. The lowest BCUT2D eigenvalue weighted by molar-refractivity contribution is -0.118. The van der Waals surface area contributed by atoms with E-state index in [1.165, 1.54) is 6.92 Å². The van der Waals surface area contributed by atoms with Gasteiger partial charge in [-0.1, -0.05) is 36.4 Å². The van der Waals surface area contributed by atoms with E-state index >= 15 is 0 Å². The van der Waals surface area contributed by atoms with Crippen molar-refractivity contribution in [1.29, 1.82) is 0 Å². The third kappa shape index (κ3) is 1.29. The van der Waals surface area contributed by atoms with Crippen LogP contribution in [0.3, 0.4) is 0 Å². The number of rotatable bonds is 1. The molecule has 2 nitrogen and oxygen atoms in total. The topological polar surface area (TPSA) is 34.1 Å². The van der Waals surface area contributed by atoms with Gasteiger partial charge in [-0.15, -0.1) is 0 Å². The lowest BCUT2D eigenvalue weighted by Gasteiger charge is -2.15. The van der Waals surface area contributed by atoms with Gasteiger partial charge in [0.2, 0.25) is 0 Å². The van der Waals surface area contributed by atoms with Gasteiger partial charge in [0, 0.05) is 5.56 Å². The van der Waals surface area contributed by atoms with Crippen LogP contribution in [0.4, 0.5) is 0 Å². The molecule has 1 atom stereocenters. The van der Waals surface area contributed by atoms with Gasteiger partial charge in [-0.05, 0) is 12.5 Å². The van der Waals surface area contributed by atoms with Crippen molar-refractivity contribution in [3.05, 3.63) is 41.5 Å². The van der Waals surface area contributed by atoms with Crippen molar-refractivity contribution in [3.8, 4) is 0 Å². The highest BCUT2D eigenvalue weighted by molar-refractivity contribution is 6.15. The standard InChI is InChI=1S/C12H10O2/c1-8(13)10-7-6-9-4-2-3-5-11(9)12(10)14/h2-7,10H,1H3. The smallest absolute Gasteiger partial charge is 0.177 e. The van der Waals surface area contributed by atoms with Gasteiger partial charge in [-0.25, -0.2) is 0 Å². The zero-order valence-electron chi connectivity index (χ0n) is 7.86. The number of ketones is 2. The van der Waals surface area contributed by atoms with Crippen molar-refractivity contribution < 1.29 is 9.59 Å². The first-order valence-electron chi connectivity index (χ1n) is 4.52. The van der Waals surface area contributed by atoms with Crippen LogP contribution < -0.4 is 0 Å². The summed E-state index contributed by atoms with van der Waals surface area (Å²) in [5.41, 5.74) is 1.55. The summed E-state index contributed by atoms with van der Waals surface area (Å²) in [6, 6.07) is 7.33. The Kier molecular flexibility index (Phi) is 2.04. The predicted molar refractivity (Wildman–Crippen MR) is 54.0 cm³/mol. The van der Waals surface area contributed by atoms with Crippen LogP contribution in [0.2, 0.25) is 0 Å². The van der Waals surface area contributed by atoms with Crippen molar-refractivity contribution in [2.45, 2.75) is 6.92 Å². The lowest BCUT2D eigenvalue weighted by atomic mass is 9.86. The van der Waals surface area contributed by atoms with Gasteiger partial charge in [-0.3, -0.25) is 9.59 Å².